The van der Waals surface area contributed by atoms with Gasteiger partial charge in [-0.2, -0.15) is 5.26 Å². The summed E-state index contributed by atoms with van der Waals surface area (Å²) in [5, 5.41) is 8.76. The van der Waals surface area contributed by atoms with Crippen molar-refractivity contribution in [1.29, 1.82) is 5.26 Å². The maximum atomic E-state index is 8.76. The summed E-state index contributed by atoms with van der Waals surface area (Å²) in [7, 11) is 0. The monoisotopic (exact) mass is 215 g/mol. The molecule has 0 bridgehead atoms. The third-order valence-electron chi connectivity index (χ3n) is 2.66. The fourth-order valence-corrected chi connectivity index (χ4v) is 1.91. The van der Waals surface area contributed by atoms with Gasteiger partial charge in [0.25, 0.3) is 0 Å². The van der Waals surface area contributed by atoms with Crippen molar-refractivity contribution in [1.82, 2.24) is 9.55 Å². The topological polar surface area (TPSA) is 60.1 Å². The summed E-state index contributed by atoms with van der Waals surface area (Å²) < 4.78 is 12.4. The first-order valence-electron chi connectivity index (χ1n) is 4.93. The Morgan fingerprint density at radius 3 is 2.94 bits per heavy atom. The molecule has 1 aliphatic heterocycles. The quantitative estimate of drug-likeness (QED) is 0.724. The molecule has 80 valence electrons. The highest BCUT2D eigenvalue weighted by atomic mass is 16.7. The number of aryl methyl sites for hydroxylation is 1. The molecule has 0 N–H and O–H groups in total. The first kappa shape index (κ1) is 9.04. The molecule has 0 unspecified atom stereocenters. The molecule has 1 aromatic heterocycles. The second-order valence-electron chi connectivity index (χ2n) is 3.60. The lowest BCUT2D eigenvalue weighted by molar-refractivity contribution is 0.174. The van der Waals surface area contributed by atoms with Gasteiger partial charge >= 0.3 is 0 Å². The van der Waals surface area contributed by atoms with Gasteiger partial charge in [-0.15, -0.1) is 0 Å². The summed E-state index contributed by atoms with van der Waals surface area (Å²) in [6.07, 6.45) is 0. The van der Waals surface area contributed by atoms with Crippen molar-refractivity contribution < 1.29 is 9.47 Å². The maximum Gasteiger partial charge on any atom is 0.231 e. The third kappa shape index (κ3) is 1.13. The number of benzene rings is 1. The van der Waals surface area contributed by atoms with Crippen LogP contribution in [0.2, 0.25) is 0 Å². The molecule has 1 aliphatic rings. The van der Waals surface area contributed by atoms with Gasteiger partial charge in [0.1, 0.15) is 12.4 Å². The molecule has 0 spiro atoms. The Labute approximate surface area is 91.8 Å². The van der Waals surface area contributed by atoms with Crippen LogP contribution in [0.3, 0.4) is 0 Å². The Kier molecular flexibility index (Phi) is 1.77. The average Bonchev–Trinajstić information content (AvgIpc) is 2.81. The molecule has 2 aromatic rings. The number of hydrogen-bond donors (Lipinski definition) is 0. The van der Waals surface area contributed by atoms with E-state index in [9.17, 15) is 0 Å². The Hall–Kier alpha value is -2.22. The maximum absolute atomic E-state index is 8.76. The molecule has 5 heteroatoms. The molecule has 2 heterocycles. The fraction of sp³-hybridized carbons (Fsp3) is 0.273. The molecule has 1 aromatic carbocycles. The fourth-order valence-electron chi connectivity index (χ4n) is 1.91. The first-order chi connectivity index (χ1) is 7.79. The SMILES string of the molecule is Cc1nc2cc3c(cc2n1CC#N)OCO3. The van der Waals surface area contributed by atoms with Crippen LogP contribution >= 0.6 is 0 Å². The van der Waals surface area contributed by atoms with Gasteiger partial charge in [-0.1, -0.05) is 0 Å². The second kappa shape index (κ2) is 3.14. The number of rotatable bonds is 1. The predicted octanol–water partition coefficient (Wildman–Crippen LogP) is 1.60. The van der Waals surface area contributed by atoms with E-state index < -0.39 is 0 Å². The van der Waals surface area contributed by atoms with Crippen molar-refractivity contribution in [2.75, 3.05) is 6.79 Å². The molecule has 0 fully saturated rings. The van der Waals surface area contributed by atoms with Crippen LogP contribution in [-0.4, -0.2) is 16.3 Å². The highest BCUT2D eigenvalue weighted by Gasteiger charge is 2.17. The van der Waals surface area contributed by atoms with E-state index in [0.29, 0.717) is 18.0 Å². The average molecular weight is 215 g/mol. The highest BCUT2D eigenvalue weighted by Crippen LogP contribution is 2.36. The van der Waals surface area contributed by atoms with E-state index in [4.69, 9.17) is 14.7 Å². The van der Waals surface area contributed by atoms with Crippen molar-refractivity contribution >= 4 is 11.0 Å². The Morgan fingerprint density at radius 1 is 1.44 bits per heavy atom. The number of ether oxygens (including phenoxy) is 2. The summed E-state index contributed by atoms with van der Waals surface area (Å²) >= 11 is 0. The van der Waals surface area contributed by atoms with Crippen LogP contribution < -0.4 is 9.47 Å². The molecule has 0 radical (unpaired) electrons. The first-order valence-corrected chi connectivity index (χ1v) is 4.93. The molecule has 0 aliphatic carbocycles. The van der Waals surface area contributed by atoms with Crippen LogP contribution in [-0.2, 0) is 6.54 Å². The molecule has 0 saturated carbocycles. The van der Waals surface area contributed by atoms with E-state index in [0.717, 1.165) is 16.9 Å². The van der Waals surface area contributed by atoms with Crippen LogP contribution in [0.5, 0.6) is 11.5 Å². The summed E-state index contributed by atoms with van der Waals surface area (Å²) in [6, 6.07) is 5.84. The van der Waals surface area contributed by atoms with E-state index in [-0.39, 0.29) is 6.79 Å². The van der Waals surface area contributed by atoms with Gasteiger partial charge in [-0.25, -0.2) is 4.98 Å². The van der Waals surface area contributed by atoms with Gasteiger partial charge < -0.3 is 14.0 Å². The van der Waals surface area contributed by atoms with Gasteiger partial charge in [0.2, 0.25) is 6.79 Å². The lowest BCUT2D eigenvalue weighted by Crippen LogP contribution is -1.97. The van der Waals surface area contributed by atoms with E-state index in [2.05, 4.69) is 11.1 Å². The summed E-state index contributed by atoms with van der Waals surface area (Å²) in [4.78, 5) is 4.39. The molecule has 5 nitrogen and oxygen atoms in total. The van der Waals surface area contributed by atoms with Crippen molar-refractivity contribution in [3.05, 3.63) is 18.0 Å². The molecular formula is C11H9N3O2. The number of fused-ring (bicyclic) bond motifs is 2. The van der Waals surface area contributed by atoms with Crippen molar-refractivity contribution in [3.8, 4) is 17.6 Å². The number of aromatic nitrogens is 2. The van der Waals surface area contributed by atoms with Crippen molar-refractivity contribution in [2.24, 2.45) is 0 Å². The lowest BCUT2D eigenvalue weighted by Gasteiger charge is -2.00. The zero-order chi connectivity index (χ0) is 11.1. The summed E-state index contributed by atoms with van der Waals surface area (Å²) in [5.74, 6) is 2.25. The number of nitrogens with zero attached hydrogens (tertiary/aromatic N) is 3. The van der Waals surface area contributed by atoms with E-state index in [1.165, 1.54) is 0 Å². The van der Waals surface area contributed by atoms with Crippen molar-refractivity contribution in [2.45, 2.75) is 13.5 Å². The largest absolute Gasteiger partial charge is 0.454 e. The van der Waals surface area contributed by atoms with Gasteiger partial charge in [0.05, 0.1) is 17.1 Å². The molecule has 16 heavy (non-hydrogen) atoms. The third-order valence-corrected chi connectivity index (χ3v) is 2.66. The zero-order valence-corrected chi connectivity index (χ0v) is 8.73. The lowest BCUT2D eigenvalue weighted by atomic mass is 10.2. The van der Waals surface area contributed by atoms with E-state index in [1.54, 1.807) is 0 Å². The molecule has 3 rings (SSSR count). The summed E-state index contributed by atoms with van der Waals surface area (Å²) in [5.41, 5.74) is 1.74. The highest BCUT2D eigenvalue weighted by molar-refractivity contribution is 5.81. The number of imidazole rings is 1. The minimum Gasteiger partial charge on any atom is -0.454 e. The second-order valence-corrected chi connectivity index (χ2v) is 3.60. The molecule has 0 amide bonds. The summed E-state index contributed by atoms with van der Waals surface area (Å²) in [6.45, 7) is 2.42. The van der Waals surface area contributed by atoms with Gasteiger partial charge in [0.15, 0.2) is 11.5 Å². The standard InChI is InChI=1S/C11H9N3O2/c1-7-13-8-4-10-11(16-6-15-10)5-9(8)14(7)3-2-12/h4-5H,3,6H2,1H3. The number of nitriles is 1. The van der Waals surface area contributed by atoms with Crippen LogP contribution in [0.25, 0.3) is 11.0 Å². The van der Waals surface area contributed by atoms with Gasteiger partial charge in [-0.3, -0.25) is 0 Å². The van der Waals surface area contributed by atoms with Crippen LogP contribution in [0.15, 0.2) is 12.1 Å². The van der Waals surface area contributed by atoms with Crippen LogP contribution in [0.4, 0.5) is 0 Å². The van der Waals surface area contributed by atoms with Crippen molar-refractivity contribution in [3.63, 3.8) is 0 Å². The van der Waals surface area contributed by atoms with Gasteiger partial charge in [0, 0.05) is 12.1 Å². The number of hydrogen-bond acceptors (Lipinski definition) is 4. The molecular weight excluding hydrogens is 206 g/mol. The molecule has 0 saturated heterocycles. The van der Waals surface area contributed by atoms with Gasteiger partial charge in [-0.05, 0) is 6.92 Å². The minimum absolute atomic E-state index is 0.249. The predicted molar refractivity (Wildman–Crippen MR) is 56.2 cm³/mol. The van der Waals surface area contributed by atoms with E-state index >= 15 is 0 Å². The van der Waals surface area contributed by atoms with Crippen LogP contribution in [0.1, 0.15) is 5.82 Å². The minimum atomic E-state index is 0.249. The zero-order valence-electron chi connectivity index (χ0n) is 8.73. The Balaban J connectivity index is 2.28. The van der Waals surface area contributed by atoms with E-state index in [1.807, 2.05) is 23.6 Å². The van der Waals surface area contributed by atoms with Crippen LogP contribution in [0, 0.1) is 18.3 Å². The molecule has 0 atom stereocenters. The Bertz CT molecular complexity index is 610. The Morgan fingerprint density at radius 2 is 2.19 bits per heavy atom. The normalized spacial score (nSPS) is 13.0. The smallest absolute Gasteiger partial charge is 0.231 e.